The van der Waals surface area contributed by atoms with Crippen LogP contribution in [-0.4, -0.2) is 14.4 Å². The average molecular weight is 359 g/mol. The summed E-state index contributed by atoms with van der Waals surface area (Å²) in [4.78, 5) is 0. The van der Waals surface area contributed by atoms with Crippen LogP contribution < -0.4 is 0 Å². The van der Waals surface area contributed by atoms with E-state index in [4.69, 9.17) is 4.43 Å². The lowest BCUT2D eigenvalue weighted by Crippen LogP contribution is -2.44. The van der Waals surface area contributed by atoms with Crippen LogP contribution in [0.1, 0.15) is 58.9 Å². The van der Waals surface area contributed by atoms with E-state index in [1.165, 1.54) is 18.4 Å². The van der Waals surface area contributed by atoms with Gasteiger partial charge in [-0.2, -0.15) is 0 Å². The Morgan fingerprint density at radius 1 is 1.20 bits per heavy atom. The maximum atomic E-state index is 6.73. The number of hydrogen-bond donors (Lipinski definition) is 0. The van der Waals surface area contributed by atoms with Gasteiger partial charge in [0.2, 0.25) is 0 Å². The maximum Gasteiger partial charge on any atom is 0.192 e. The Balaban J connectivity index is 2.82. The normalized spacial score (nSPS) is 14.0. The largest absolute Gasteiger partial charge is 0.410 e. The topological polar surface area (TPSA) is 9.23 Å². The predicted molar refractivity (Wildman–Crippen MR) is 115 cm³/mol. The second kappa shape index (κ2) is 10.1. The van der Waals surface area contributed by atoms with Gasteiger partial charge in [-0.25, -0.2) is 0 Å². The van der Waals surface area contributed by atoms with Crippen molar-refractivity contribution < 1.29 is 4.43 Å². The lowest BCUT2D eigenvalue weighted by molar-refractivity contribution is 0.208. The third kappa shape index (κ3) is 7.75. The molecule has 0 N–H and O–H groups in total. The molecule has 0 bridgehead atoms. The predicted octanol–water partition coefficient (Wildman–Crippen LogP) is 7.31. The van der Waals surface area contributed by atoms with E-state index in [0.29, 0.717) is 0 Å². The molecule has 0 saturated carbocycles. The Morgan fingerprint density at radius 3 is 2.40 bits per heavy atom. The zero-order valence-electron chi connectivity index (χ0n) is 17.3. The average Bonchev–Trinajstić information content (AvgIpc) is 2.55. The molecule has 0 fully saturated rings. The molecule has 0 saturated heterocycles. The van der Waals surface area contributed by atoms with Crippen LogP contribution in [0.2, 0.25) is 18.1 Å². The van der Waals surface area contributed by atoms with E-state index >= 15 is 0 Å². The standard InChI is InChI=1S/C23H38OSi/c1-8-9-10-12-15-20(2)22(24-25(6,7)23(3,4)5)19-18-21-16-13-11-14-17-21/h11-17,22H,2,8-10,18-19H2,1,3-7H3/b15-12-. The number of unbranched alkanes of at least 4 members (excludes halogenated alkanes) is 2. The van der Waals surface area contributed by atoms with Crippen LogP contribution in [0.3, 0.4) is 0 Å². The van der Waals surface area contributed by atoms with Gasteiger partial charge in [0.1, 0.15) is 0 Å². The first-order valence-corrected chi connectivity index (χ1v) is 12.7. The molecule has 1 rings (SSSR count). The zero-order chi connectivity index (χ0) is 18.9. The Labute approximate surface area is 157 Å². The molecule has 1 aromatic rings. The third-order valence-electron chi connectivity index (χ3n) is 5.25. The molecule has 0 heterocycles. The van der Waals surface area contributed by atoms with Gasteiger partial charge in [0.05, 0.1) is 6.10 Å². The summed E-state index contributed by atoms with van der Waals surface area (Å²) < 4.78 is 6.73. The summed E-state index contributed by atoms with van der Waals surface area (Å²) in [6.07, 6.45) is 10.2. The number of allylic oxidation sites excluding steroid dienone is 1. The van der Waals surface area contributed by atoms with Crippen LogP contribution in [0, 0.1) is 0 Å². The van der Waals surface area contributed by atoms with Crippen LogP contribution >= 0.6 is 0 Å². The summed E-state index contributed by atoms with van der Waals surface area (Å²) in [6, 6.07) is 10.7. The molecular weight excluding hydrogens is 320 g/mol. The van der Waals surface area contributed by atoms with E-state index < -0.39 is 8.32 Å². The van der Waals surface area contributed by atoms with Crippen LogP contribution in [0.4, 0.5) is 0 Å². The molecule has 0 aliphatic carbocycles. The number of benzene rings is 1. The van der Waals surface area contributed by atoms with Gasteiger partial charge in [-0.15, -0.1) is 0 Å². The number of rotatable bonds is 10. The van der Waals surface area contributed by atoms with Gasteiger partial charge in [0, 0.05) is 0 Å². The van der Waals surface area contributed by atoms with Gasteiger partial charge in [-0.3, -0.25) is 0 Å². The molecule has 0 amide bonds. The Kier molecular flexibility index (Phi) is 8.88. The van der Waals surface area contributed by atoms with Crippen molar-refractivity contribution in [2.75, 3.05) is 0 Å². The van der Waals surface area contributed by atoms with Crippen molar-refractivity contribution in [3.05, 3.63) is 60.2 Å². The van der Waals surface area contributed by atoms with Crippen molar-refractivity contribution in [2.24, 2.45) is 0 Å². The van der Waals surface area contributed by atoms with Gasteiger partial charge in [-0.1, -0.05) is 89.6 Å². The summed E-state index contributed by atoms with van der Waals surface area (Å²) in [5, 5.41) is 0.213. The second-order valence-electron chi connectivity index (χ2n) is 8.51. The molecule has 0 spiro atoms. The molecule has 0 aliphatic rings. The minimum atomic E-state index is -1.82. The Bertz CT molecular complexity index is 537. The van der Waals surface area contributed by atoms with Gasteiger partial charge in [0.25, 0.3) is 0 Å². The van der Waals surface area contributed by atoms with E-state index in [2.05, 4.69) is 89.9 Å². The van der Waals surface area contributed by atoms with Crippen LogP contribution in [0.25, 0.3) is 0 Å². The Morgan fingerprint density at radius 2 is 1.84 bits per heavy atom. The van der Waals surface area contributed by atoms with Crippen LogP contribution in [0.5, 0.6) is 0 Å². The highest BCUT2D eigenvalue weighted by atomic mass is 28.4. The molecule has 0 aliphatic heterocycles. The summed E-state index contributed by atoms with van der Waals surface area (Å²) in [6.45, 7) is 18.1. The van der Waals surface area contributed by atoms with Gasteiger partial charge < -0.3 is 4.43 Å². The van der Waals surface area contributed by atoms with Gasteiger partial charge >= 0.3 is 0 Å². The highest BCUT2D eigenvalue weighted by molar-refractivity contribution is 6.74. The molecule has 2 heteroatoms. The molecule has 0 aromatic heterocycles. The second-order valence-corrected chi connectivity index (χ2v) is 13.3. The van der Waals surface area contributed by atoms with Crippen molar-refractivity contribution in [2.45, 2.75) is 84.0 Å². The lowest BCUT2D eigenvalue weighted by Gasteiger charge is -2.39. The first-order chi connectivity index (χ1) is 11.7. The minimum absolute atomic E-state index is 0.110. The van der Waals surface area contributed by atoms with E-state index in [1.54, 1.807) is 0 Å². The van der Waals surface area contributed by atoms with Gasteiger partial charge in [0.15, 0.2) is 8.32 Å². The molecular formula is C23H38OSi. The van der Waals surface area contributed by atoms with Crippen molar-refractivity contribution in [3.8, 4) is 0 Å². The molecule has 1 aromatic carbocycles. The summed E-state index contributed by atoms with van der Waals surface area (Å²) in [5.74, 6) is 0. The number of aryl methyl sites for hydroxylation is 1. The third-order valence-corrected chi connectivity index (χ3v) is 9.74. The molecule has 1 nitrogen and oxygen atoms in total. The van der Waals surface area contributed by atoms with Crippen LogP contribution in [-0.2, 0) is 10.8 Å². The van der Waals surface area contributed by atoms with Crippen molar-refractivity contribution in [1.29, 1.82) is 0 Å². The highest BCUT2D eigenvalue weighted by Crippen LogP contribution is 2.38. The quantitative estimate of drug-likeness (QED) is 0.242. The summed E-state index contributed by atoms with van der Waals surface area (Å²) >= 11 is 0. The van der Waals surface area contributed by atoms with Crippen molar-refractivity contribution in [1.82, 2.24) is 0 Å². The van der Waals surface area contributed by atoms with E-state index in [9.17, 15) is 0 Å². The Hall–Kier alpha value is -1.12. The maximum absolute atomic E-state index is 6.73. The fraction of sp³-hybridized carbons (Fsp3) is 0.565. The lowest BCUT2D eigenvalue weighted by atomic mass is 10.0. The zero-order valence-corrected chi connectivity index (χ0v) is 18.3. The van der Waals surface area contributed by atoms with Crippen molar-refractivity contribution >= 4 is 8.32 Å². The first-order valence-electron chi connectivity index (χ1n) is 9.74. The monoisotopic (exact) mass is 358 g/mol. The SMILES string of the molecule is C=C(/C=C\CCCC)C(CCc1ccccc1)O[Si](C)(C)C(C)(C)C. The van der Waals surface area contributed by atoms with E-state index in [1.807, 2.05) is 0 Å². The molecule has 1 unspecified atom stereocenters. The summed E-state index contributed by atoms with van der Waals surface area (Å²) in [5.41, 5.74) is 2.49. The molecule has 0 radical (unpaired) electrons. The molecule has 1 atom stereocenters. The first kappa shape index (κ1) is 21.9. The van der Waals surface area contributed by atoms with Crippen LogP contribution in [0.15, 0.2) is 54.6 Å². The highest BCUT2D eigenvalue weighted by Gasteiger charge is 2.39. The molecule has 140 valence electrons. The minimum Gasteiger partial charge on any atom is -0.410 e. The fourth-order valence-electron chi connectivity index (χ4n) is 2.46. The van der Waals surface area contributed by atoms with Crippen molar-refractivity contribution in [3.63, 3.8) is 0 Å². The number of hydrogen-bond acceptors (Lipinski definition) is 1. The van der Waals surface area contributed by atoms with E-state index in [0.717, 1.165) is 24.8 Å². The smallest absolute Gasteiger partial charge is 0.192 e. The summed E-state index contributed by atoms with van der Waals surface area (Å²) in [7, 11) is -1.82. The van der Waals surface area contributed by atoms with Gasteiger partial charge in [-0.05, 0) is 48.5 Å². The van der Waals surface area contributed by atoms with E-state index in [-0.39, 0.29) is 11.1 Å². The fourth-order valence-corrected chi connectivity index (χ4v) is 3.79. The molecule has 25 heavy (non-hydrogen) atoms.